The number of carbonyl (C=O) groups excluding carboxylic acids is 1. The Morgan fingerprint density at radius 1 is 1.11 bits per heavy atom. The van der Waals surface area contributed by atoms with E-state index in [0.717, 1.165) is 12.8 Å². The molecule has 0 amide bonds. The number of carbonyl (C=O) groups is 1. The lowest BCUT2D eigenvalue weighted by atomic mass is 9.99. The molecular formula is C19H29NO7. The monoisotopic (exact) mass is 383 g/mol. The Morgan fingerprint density at radius 3 is 2.26 bits per heavy atom. The van der Waals surface area contributed by atoms with Gasteiger partial charge in [-0.3, -0.25) is 10.1 Å². The van der Waals surface area contributed by atoms with Crippen LogP contribution in [0, 0.1) is 10.1 Å². The van der Waals surface area contributed by atoms with Crippen LogP contribution in [0.3, 0.4) is 0 Å². The fourth-order valence-corrected chi connectivity index (χ4v) is 2.11. The zero-order valence-corrected chi connectivity index (χ0v) is 16.6. The maximum Gasteiger partial charge on any atom is 0.513 e. The molecule has 0 spiro atoms. The molecule has 0 radical (unpaired) electrons. The van der Waals surface area contributed by atoms with Gasteiger partial charge in [-0.2, -0.15) is 0 Å². The third-order valence-corrected chi connectivity index (χ3v) is 4.55. The second kappa shape index (κ2) is 10.2. The first-order valence-corrected chi connectivity index (χ1v) is 8.89. The van der Waals surface area contributed by atoms with Crippen molar-refractivity contribution < 1.29 is 28.7 Å². The van der Waals surface area contributed by atoms with Crippen molar-refractivity contribution in [2.24, 2.45) is 0 Å². The zero-order valence-electron chi connectivity index (χ0n) is 16.6. The maximum absolute atomic E-state index is 11.8. The van der Waals surface area contributed by atoms with E-state index in [0.29, 0.717) is 13.0 Å². The van der Waals surface area contributed by atoms with E-state index in [1.165, 1.54) is 24.3 Å². The molecule has 0 bridgehead atoms. The van der Waals surface area contributed by atoms with Crippen LogP contribution in [-0.4, -0.2) is 42.6 Å². The van der Waals surface area contributed by atoms with E-state index in [9.17, 15) is 14.9 Å². The van der Waals surface area contributed by atoms with Gasteiger partial charge >= 0.3 is 6.16 Å². The van der Waals surface area contributed by atoms with E-state index in [1.54, 1.807) is 7.11 Å². The molecule has 0 aromatic heterocycles. The quantitative estimate of drug-likeness (QED) is 0.240. The highest BCUT2D eigenvalue weighted by atomic mass is 16.7. The fraction of sp³-hybridized carbons (Fsp3) is 0.632. The van der Waals surface area contributed by atoms with Gasteiger partial charge in [0.1, 0.15) is 5.75 Å². The molecule has 0 aliphatic rings. The van der Waals surface area contributed by atoms with Gasteiger partial charge in [-0.15, -0.1) is 0 Å². The molecule has 0 N–H and O–H groups in total. The van der Waals surface area contributed by atoms with Crippen molar-refractivity contribution in [2.45, 2.75) is 58.2 Å². The van der Waals surface area contributed by atoms with Crippen molar-refractivity contribution in [2.75, 3.05) is 20.3 Å². The molecule has 0 saturated heterocycles. The highest BCUT2D eigenvalue weighted by Gasteiger charge is 2.25. The van der Waals surface area contributed by atoms with Gasteiger partial charge in [0.05, 0.1) is 29.3 Å². The highest BCUT2D eigenvalue weighted by molar-refractivity contribution is 5.63. The fourth-order valence-electron chi connectivity index (χ4n) is 2.11. The Balaban J connectivity index is 2.40. The third kappa shape index (κ3) is 8.36. The average Bonchev–Trinajstić information content (AvgIpc) is 2.62. The Morgan fingerprint density at radius 2 is 1.74 bits per heavy atom. The van der Waals surface area contributed by atoms with Gasteiger partial charge in [0.2, 0.25) is 0 Å². The number of ether oxygens (including phenoxy) is 4. The molecule has 8 nitrogen and oxygen atoms in total. The summed E-state index contributed by atoms with van der Waals surface area (Å²) in [6.45, 7) is 8.66. The molecule has 1 aromatic rings. The molecule has 0 fully saturated rings. The van der Waals surface area contributed by atoms with Crippen molar-refractivity contribution in [1.82, 2.24) is 0 Å². The smallest absolute Gasteiger partial charge is 0.434 e. The van der Waals surface area contributed by atoms with Crippen molar-refractivity contribution in [1.29, 1.82) is 0 Å². The van der Waals surface area contributed by atoms with Crippen LogP contribution in [0.4, 0.5) is 10.5 Å². The van der Waals surface area contributed by atoms with Crippen molar-refractivity contribution in [3.63, 3.8) is 0 Å². The Bertz CT molecular complexity index is 615. The van der Waals surface area contributed by atoms with Crippen LogP contribution in [-0.2, 0) is 14.2 Å². The summed E-state index contributed by atoms with van der Waals surface area (Å²) < 4.78 is 21.4. The van der Waals surface area contributed by atoms with Crippen LogP contribution in [0.5, 0.6) is 5.75 Å². The normalized spacial score (nSPS) is 13.7. The molecule has 0 heterocycles. The average molecular weight is 383 g/mol. The van der Waals surface area contributed by atoms with Gasteiger partial charge in [0.15, 0.2) is 0 Å². The first kappa shape index (κ1) is 22.9. The Kier molecular flexibility index (Phi) is 8.65. The predicted octanol–water partition coefficient (Wildman–Crippen LogP) is 4.50. The standard InChI is InChI=1S/C19H29NO7/c1-6-19(4,26-14-11-18(2,3)24-5)12-13-25-17(21)27-16-9-7-15(8-10-16)20(22)23/h7-10H,6,11-14H2,1-5H3. The molecule has 1 atom stereocenters. The van der Waals surface area contributed by atoms with Gasteiger partial charge in [0, 0.05) is 25.7 Å². The summed E-state index contributed by atoms with van der Waals surface area (Å²) in [5.41, 5.74) is -0.750. The summed E-state index contributed by atoms with van der Waals surface area (Å²) in [5, 5.41) is 10.6. The molecule has 0 aliphatic heterocycles. The molecule has 0 saturated carbocycles. The van der Waals surface area contributed by atoms with Crippen molar-refractivity contribution >= 4 is 11.8 Å². The number of rotatable bonds is 11. The zero-order chi connectivity index (χ0) is 20.5. The number of hydrogen-bond acceptors (Lipinski definition) is 7. The molecule has 8 heteroatoms. The van der Waals surface area contributed by atoms with E-state index >= 15 is 0 Å². The van der Waals surface area contributed by atoms with Crippen LogP contribution in [0.2, 0.25) is 0 Å². The van der Waals surface area contributed by atoms with Gasteiger partial charge in [0.25, 0.3) is 5.69 Å². The summed E-state index contributed by atoms with van der Waals surface area (Å²) in [6, 6.07) is 5.20. The topological polar surface area (TPSA) is 97.1 Å². The van der Waals surface area contributed by atoms with Crippen LogP contribution in [0.1, 0.15) is 47.0 Å². The second-order valence-corrected chi connectivity index (χ2v) is 7.07. The molecule has 0 aliphatic carbocycles. The van der Waals surface area contributed by atoms with Gasteiger partial charge in [-0.1, -0.05) is 6.92 Å². The van der Waals surface area contributed by atoms with Crippen LogP contribution in [0.15, 0.2) is 24.3 Å². The van der Waals surface area contributed by atoms with Crippen LogP contribution >= 0.6 is 0 Å². The second-order valence-electron chi connectivity index (χ2n) is 7.07. The van der Waals surface area contributed by atoms with Crippen molar-refractivity contribution in [3.8, 4) is 5.75 Å². The number of methoxy groups -OCH3 is 1. The molecule has 1 unspecified atom stereocenters. The summed E-state index contributed by atoms with van der Waals surface area (Å²) in [5.74, 6) is 0.182. The van der Waals surface area contributed by atoms with E-state index in [2.05, 4.69) is 0 Å². The minimum Gasteiger partial charge on any atom is -0.434 e. The Hall–Kier alpha value is -2.19. The number of non-ortho nitro benzene ring substituents is 1. The van der Waals surface area contributed by atoms with Gasteiger partial charge in [-0.05, 0) is 45.7 Å². The summed E-state index contributed by atoms with van der Waals surface area (Å²) in [7, 11) is 1.67. The highest BCUT2D eigenvalue weighted by Crippen LogP contribution is 2.23. The lowest BCUT2D eigenvalue weighted by Gasteiger charge is -2.31. The molecule has 152 valence electrons. The summed E-state index contributed by atoms with van der Waals surface area (Å²) in [6.07, 6.45) is 1.18. The predicted molar refractivity (Wildman–Crippen MR) is 100 cm³/mol. The molecule has 1 aromatic carbocycles. The van der Waals surface area contributed by atoms with Gasteiger partial charge < -0.3 is 18.9 Å². The SMILES string of the molecule is CCC(C)(CCOC(=O)Oc1ccc([N+](=O)[O-])cc1)OCCC(C)(C)OC. The van der Waals surface area contributed by atoms with E-state index in [1.807, 2.05) is 27.7 Å². The molecule has 27 heavy (non-hydrogen) atoms. The molecular weight excluding hydrogens is 354 g/mol. The number of nitrogens with zero attached hydrogens (tertiary/aromatic N) is 1. The number of hydrogen-bond donors (Lipinski definition) is 0. The van der Waals surface area contributed by atoms with Crippen LogP contribution < -0.4 is 4.74 Å². The minimum absolute atomic E-state index is 0.0803. The number of nitro benzene ring substituents is 1. The van der Waals surface area contributed by atoms with Gasteiger partial charge in [-0.25, -0.2) is 4.79 Å². The Labute approximate surface area is 159 Å². The first-order valence-electron chi connectivity index (χ1n) is 8.89. The van der Waals surface area contributed by atoms with E-state index < -0.39 is 16.7 Å². The maximum atomic E-state index is 11.8. The van der Waals surface area contributed by atoms with Crippen LogP contribution in [0.25, 0.3) is 0 Å². The summed E-state index contributed by atoms with van der Waals surface area (Å²) >= 11 is 0. The lowest BCUT2D eigenvalue weighted by Crippen LogP contribution is -2.33. The first-order chi connectivity index (χ1) is 12.6. The number of benzene rings is 1. The minimum atomic E-state index is -0.858. The summed E-state index contributed by atoms with van der Waals surface area (Å²) in [4.78, 5) is 21.8. The van der Waals surface area contributed by atoms with Crippen molar-refractivity contribution in [3.05, 3.63) is 34.4 Å². The van der Waals surface area contributed by atoms with E-state index in [-0.39, 0.29) is 23.6 Å². The molecule has 1 rings (SSSR count). The largest absolute Gasteiger partial charge is 0.513 e. The third-order valence-electron chi connectivity index (χ3n) is 4.55. The lowest BCUT2D eigenvalue weighted by molar-refractivity contribution is -0.384. The number of nitro groups is 1. The van der Waals surface area contributed by atoms with E-state index in [4.69, 9.17) is 18.9 Å².